The van der Waals surface area contributed by atoms with Gasteiger partial charge in [-0.05, 0) is 44.9 Å². The van der Waals surface area contributed by atoms with Crippen LogP contribution in [0.3, 0.4) is 0 Å². The van der Waals surface area contributed by atoms with E-state index in [1.807, 2.05) is 0 Å². The van der Waals surface area contributed by atoms with E-state index in [2.05, 4.69) is 55.5 Å². The molecule has 11 atom stereocenters. The van der Waals surface area contributed by atoms with Crippen molar-refractivity contribution in [1.82, 2.24) is 0 Å². The van der Waals surface area contributed by atoms with E-state index in [1.165, 1.54) is 6.92 Å². The van der Waals surface area contributed by atoms with E-state index in [4.69, 9.17) is 28.4 Å². The minimum Gasteiger partial charge on any atom is -0.462 e. The van der Waals surface area contributed by atoms with Gasteiger partial charge in [0.2, 0.25) is 0 Å². The Hall–Kier alpha value is -2.54. The molecule has 286 valence electrons. The first-order valence-electron chi connectivity index (χ1n) is 17.2. The Balaban J connectivity index is 1.79. The molecule has 15 nitrogen and oxygen atoms in total. The van der Waals surface area contributed by atoms with E-state index in [0.717, 1.165) is 38.5 Å². The second kappa shape index (κ2) is 24.6. The zero-order chi connectivity index (χ0) is 36.9. The van der Waals surface area contributed by atoms with Crippen LogP contribution in [0, 0.1) is 0 Å². The standard InChI is InChI=1S/C35H56O15/c1-3-4-5-6-7-8-9-10-11-12-13-14-15-16-17-18-27(38)48-24(20-45-23(2)37)21-46-34-33(44)31(42)29(40)26(50-34)22-47-35-32(43)30(41)28(39)25(19-36)49-35/h4-5,7-8,10-11,13-14,24-26,28-36,39-44H,3,6,9,12,15-22H2,1-2H3/b5-4-,8-7-,11-10-,14-13-. The molecule has 2 aliphatic heterocycles. The van der Waals surface area contributed by atoms with Gasteiger partial charge in [0.05, 0.1) is 19.8 Å². The molecule has 2 saturated heterocycles. The van der Waals surface area contributed by atoms with Gasteiger partial charge in [-0.25, -0.2) is 0 Å². The number of hydrogen-bond donors (Lipinski definition) is 7. The SMILES string of the molecule is CC/C=C\C/C=C\C/C=C\C/C=C\CCCCC(=O)OC(COC(C)=O)COC1OC(COC2OC(CO)C(O)C(O)C2O)C(O)C(O)C1O. The van der Waals surface area contributed by atoms with Crippen LogP contribution in [0.25, 0.3) is 0 Å². The Bertz CT molecular complexity index is 1080. The predicted molar refractivity (Wildman–Crippen MR) is 178 cm³/mol. The summed E-state index contributed by atoms with van der Waals surface area (Å²) in [6.45, 7) is 1.31. The molecule has 0 aliphatic carbocycles. The number of aliphatic hydroxyl groups is 7. The first kappa shape index (κ1) is 43.6. The lowest BCUT2D eigenvalue weighted by molar-refractivity contribution is -0.332. The summed E-state index contributed by atoms with van der Waals surface area (Å²) in [5, 5.41) is 70.8. The third kappa shape index (κ3) is 15.8. The van der Waals surface area contributed by atoms with Gasteiger partial charge in [0.15, 0.2) is 18.7 Å². The van der Waals surface area contributed by atoms with Gasteiger partial charge >= 0.3 is 11.9 Å². The van der Waals surface area contributed by atoms with E-state index in [9.17, 15) is 45.3 Å². The summed E-state index contributed by atoms with van der Waals surface area (Å²) in [6, 6.07) is 0. The molecule has 50 heavy (non-hydrogen) atoms. The average molecular weight is 717 g/mol. The van der Waals surface area contributed by atoms with Crippen LogP contribution in [0.1, 0.15) is 65.2 Å². The van der Waals surface area contributed by atoms with E-state index in [1.54, 1.807) is 0 Å². The molecule has 11 unspecified atom stereocenters. The Labute approximate surface area is 293 Å². The van der Waals surface area contributed by atoms with Crippen molar-refractivity contribution in [2.45, 2.75) is 133 Å². The summed E-state index contributed by atoms with van der Waals surface area (Å²) in [5.41, 5.74) is 0. The summed E-state index contributed by atoms with van der Waals surface area (Å²) < 4.78 is 32.3. The highest BCUT2D eigenvalue weighted by molar-refractivity contribution is 5.69. The number of carbonyl (C=O) groups excluding carboxylic acids is 2. The summed E-state index contributed by atoms with van der Waals surface area (Å²) in [7, 11) is 0. The highest BCUT2D eigenvalue weighted by atomic mass is 16.7. The quantitative estimate of drug-likeness (QED) is 0.0459. The van der Waals surface area contributed by atoms with Crippen LogP contribution in [-0.4, -0.2) is 142 Å². The number of rotatable bonds is 22. The van der Waals surface area contributed by atoms with Crippen molar-refractivity contribution in [3.8, 4) is 0 Å². The van der Waals surface area contributed by atoms with Gasteiger partial charge in [-0.2, -0.15) is 0 Å². The van der Waals surface area contributed by atoms with Gasteiger partial charge in [-0.3, -0.25) is 9.59 Å². The minimum absolute atomic E-state index is 0.106. The summed E-state index contributed by atoms with van der Waals surface area (Å²) in [5.74, 6) is -1.18. The fraction of sp³-hybridized carbons (Fsp3) is 0.714. The molecular weight excluding hydrogens is 660 g/mol. The smallest absolute Gasteiger partial charge is 0.306 e. The van der Waals surface area contributed by atoms with Gasteiger partial charge < -0.3 is 64.2 Å². The minimum atomic E-state index is -1.77. The zero-order valence-electron chi connectivity index (χ0n) is 28.9. The van der Waals surface area contributed by atoms with Crippen molar-refractivity contribution in [3.63, 3.8) is 0 Å². The topological polar surface area (TPSA) is 231 Å². The van der Waals surface area contributed by atoms with E-state index < -0.39 is 99.3 Å². The summed E-state index contributed by atoms with van der Waals surface area (Å²) in [4.78, 5) is 24.0. The summed E-state index contributed by atoms with van der Waals surface area (Å²) in [6.07, 6.45) is 5.87. The largest absolute Gasteiger partial charge is 0.462 e. The average Bonchev–Trinajstić information content (AvgIpc) is 3.09. The maximum absolute atomic E-state index is 12.5. The fourth-order valence-corrected chi connectivity index (χ4v) is 4.99. The van der Waals surface area contributed by atoms with Crippen LogP contribution >= 0.6 is 0 Å². The number of ether oxygens (including phenoxy) is 6. The Morgan fingerprint density at radius 3 is 1.80 bits per heavy atom. The van der Waals surface area contributed by atoms with Gasteiger partial charge in [-0.1, -0.05) is 55.5 Å². The lowest BCUT2D eigenvalue weighted by Crippen LogP contribution is -2.61. The molecule has 2 aliphatic rings. The van der Waals surface area contributed by atoms with E-state index in [-0.39, 0.29) is 13.0 Å². The Morgan fingerprint density at radius 1 is 0.680 bits per heavy atom. The van der Waals surface area contributed by atoms with Gasteiger partial charge in [0.1, 0.15) is 55.4 Å². The van der Waals surface area contributed by atoms with Crippen molar-refractivity contribution < 1.29 is 73.8 Å². The molecule has 15 heteroatoms. The highest BCUT2D eigenvalue weighted by Gasteiger charge is 2.47. The van der Waals surface area contributed by atoms with Crippen molar-refractivity contribution in [2.24, 2.45) is 0 Å². The van der Waals surface area contributed by atoms with Crippen LogP contribution in [-0.2, 0) is 38.0 Å². The molecule has 2 fully saturated rings. The van der Waals surface area contributed by atoms with Gasteiger partial charge in [-0.15, -0.1) is 0 Å². The molecule has 2 rings (SSSR count). The number of carbonyl (C=O) groups is 2. The van der Waals surface area contributed by atoms with Gasteiger partial charge in [0, 0.05) is 13.3 Å². The molecule has 7 N–H and O–H groups in total. The first-order valence-corrected chi connectivity index (χ1v) is 17.2. The van der Waals surface area contributed by atoms with Crippen LogP contribution in [0.4, 0.5) is 0 Å². The normalized spacial score (nSPS) is 31.2. The third-order valence-corrected chi connectivity index (χ3v) is 7.88. The Kier molecular flexibility index (Phi) is 21.5. The monoisotopic (exact) mass is 716 g/mol. The second-order valence-electron chi connectivity index (χ2n) is 12.0. The molecule has 2 heterocycles. The van der Waals surface area contributed by atoms with Crippen molar-refractivity contribution >= 4 is 11.9 Å². The molecule has 0 aromatic carbocycles. The molecular formula is C35H56O15. The van der Waals surface area contributed by atoms with Crippen LogP contribution in [0.5, 0.6) is 0 Å². The molecule has 0 amide bonds. The number of aliphatic hydroxyl groups excluding tert-OH is 7. The lowest BCUT2D eigenvalue weighted by atomic mass is 9.98. The van der Waals surface area contributed by atoms with Crippen molar-refractivity contribution in [2.75, 3.05) is 26.4 Å². The lowest BCUT2D eigenvalue weighted by Gasteiger charge is -2.42. The van der Waals surface area contributed by atoms with Gasteiger partial charge in [0.25, 0.3) is 0 Å². The zero-order valence-corrected chi connectivity index (χ0v) is 28.9. The molecule has 0 radical (unpaired) electrons. The van der Waals surface area contributed by atoms with E-state index in [0.29, 0.717) is 6.42 Å². The second-order valence-corrected chi connectivity index (χ2v) is 12.0. The molecule has 0 aromatic heterocycles. The van der Waals surface area contributed by atoms with Crippen molar-refractivity contribution in [1.29, 1.82) is 0 Å². The summed E-state index contributed by atoms with van der Waals surface area (Å²) >= 11 is 0. The van der Waals surface area contributed by atoms with Crippen LogP contribution < -0.4 is 0 Å². The molecule has 0 aromatic rings. The number of unbranched alkanes of at least 4 members (excludes halogenated alkanes) is 2. The Morgan fingerprint density at radius 2 is 1.22 bits per heavy atom. The highest BCUT2D eigenvalue weighted by Crippen LogP contribution is 2.26. The van der Waals surface area contributed by atoms with E-state index >= 15 is 0 Å². The first-order chi connectivity index (χ1) is 24.0. The maximum Gasteiger partial charge on any atom is 0.306 e. The number of allylic oxidation sites excluding steroid dienone is 8. The van der Waals surface area contributed by atoms with Crippen LogP contribution in [0.2, 0.25) is 0 Å². The van der Waals surface area contributed by atoms with Crippen LogP contribution in [0.15, 0.2) is 48.6 Å². The fourth-order valence-electron chi connectivity index (χ4n) is 4.99. The third-order valence-electron chi connectivity index (χ3n) is 7.88. The van der Waals surface area contributed by atoms with Crippen molar-refractivity contribution in [3.05, 3.63) is 48.6 Å². The maximum atomic E-state index is 12.5. The molecule has 0 saturated carbocycles. The number of hydrogen-bond acceptors (Lipinski definition) is 15. The molecule has 0 bridgehead atoms. The molecule has 0 spiro atoms. The predicted octanol–water partition coefficient (Wildman–Crippen LogP) is 0.468. The number of esters is 2.